The Balaban J connectivity index is 1.57. The number of thiazole rings is 1. The lowest BCUT2D eigenvalue weighted by molar-refractivity contribution is 0.392. The Hall–Kier alpha value is -1.01. The number of aromatic nitrogens is 2. The van der Waals surface area contributed by atoms with E-state index in [0.29, 0.717) is 17.4 Å². The van der Waals surface area contributed by atoms with E-state index in [4.69, 9.17) is 9.51 Å². The summed E-state index contributed by atoms with van der Waals surface area (Å²) < 4.78 is 17.2. The number of nitrogens with zero attached hydrogens (tertiary/aromatic N) is 2. The summed E-state index contributed by atoms with van der Waals surface area (Å²) in [5.41, 5.74) is 1.72. The van der Waals surface area contributed by atoms with Crippen LogP contribution >= 0.6 is 11.3 Å². The van der Waals surface area contributed by atoms with Crippen LogP contribution in [0.1, 0.15) is 60.2 Å². The van der Waals surface area contributed by atoms with Crippen molar-refractivity contribution < 1.29 is 8.73 Å². The smallest absolute Gasteiger partial charge is 0.133 e. The van der Waals surface area contributed by atoms with Gasteiger partial charge in [0.2, 0.25) is 0 Å². The van der Waals surface area contributed by atoms with Crippen molar-refractivity contribution in [1.82, 2.24) is 10.1 Å². The van der Waals surface area contributed by atoms with Gasteiger partial charge in [-0.15, -0.1) is 11.3 Å². The molecule has 0 aliphatic heterocycles. The van der Waals surface area contributed by atoms with Crippen LogP contribution in [-0.4, -0.2) is 14.3 Å². The maximum atomic E-state index is 12.2. The van der Waals surface area contributed by atoms with Crippen molar-refractivity contribution in [3.05, 3.63) is 33.6 Å². The third-order valence-electron chi connectivity index (χ3n) is 3.82. The zero-order valence-corrected chi connectivity index (χ0v) is 13.8. The lowest BCUT2D eigenvalue weighted by Gasteiger charge is -2.18. The lowest BCUT2D eigenvalue weighted by atomic mass is 9.90. The Morgan fingerprint density at radius 1 is 1.29 bits per heavy atom. The Bertz CT molecular complexity index is 615. The molecule has 0 amide bonds. The van der Waals surface area contributed by atoms with E-state index in [0.717, 1.165) is 17.1 Å². The van der Waals surface area contributed by atoms with Crippen molar-refractivity contribution in [1.29, 1.82) is 0 Å². The van der Waals surface area contributed by atoms with E-state index in [2.05, 4.69) is 10.5 Å². The molecular formula is C15H20N2O2S2. The van der Waals surface area contributed by atoms with E-state index in [1.165, 1.54) is 37.1 Å². The average Bonchev–Trinajstić information content (AvgIpc) is 3.09. The molecule has 1 saturated carbocycles. The highest BCUT2D eigenvalue weighted by atomic mass is 32.2. The molecule has 0 aromatic carbocycles. The zero-order chi connectivity index (χ0) is 14.7. The highest BCUT2D eigenvalue weighted by molar-refractivity contribution is 7.83. The van der Waals surface area contributed by atoms with Gasteiger partial charge in [0, 0.05) is 28.2 Å². The summed E-state index contributed by atoms with van der Waals surface area (Å²) in [4.78, 5) is 4.70. The molecule has 2 aromatic rings. The van der Waals surface area contributed by atoms with Crippen molar-refractivity contribution >= 4 is 22.1 Å². The van der Waals surface area contributed by atoms with Crippen LogP contribution in [0.4, 0.5) is 0 Å². The van der Waals surface area contributed by atoms with Gasteiger partial charge < -0.3 is 4.52 Å². The molecule has 1 aliphatic carbocycles. The lowest BCUT2D eigenvalue weighted by Crippen LogP contribution is -2.05. The third kappa shape index (κ3) is 4.01. The predicted molar refractivity (Wildman–Crippen MR) is 84.7 cm³/mol. The Morgan fingerprint density at radius 2 is 2.05 bits per heavy atom. The van der Waals surface area contributed by atoms with Gasteiger partial charge in [0.25, 0.3) is 0 Å². The van der Waals surface area contributed by atoms with E-state index in [9.17, 15) is 4.21 Å². The van der Waals surface area contributed by atoms with E-state index in [1.807, 2.05) is 13.0 Å². The van der Waals surface area contributed by atoms with Gasteiger partial charge in [-0.1, -0.05) is 24.4 Å². The largest absolute Gasteiger partial charge is 0.361 e. The molecule has 1 aliphatic rings. The van der Waals surface area contributed by atoms with Gasteiger partial charge >= 0.3 is 0 Å². The van der Waals surface area contributed by atoms with E-state index in [-0.39, 0.29) is 0 Å². The van der Waals surface area contributed by atoms with Gasteiger partial charge in [0.15, 0.2) is 0 Å². The van der Waals surface area contributed by atoms with Crippen molar-refractivity contribution in [2.75, 3.05) is 0 Å². The second-order valence-electron chi connectivity index (χ2n) is 5.67. The summed E-state index contributed by atoms with van der Waals surface area (Å²) in [6, 6.07) is 1.84. The first-order valence-electron chi connectivity index (χ1n) is 7.42. The van der Waals surface area contributed by atoms with Gasteiger partial charge in [0.1, 0.15) is 5.76 Å². The van der Waals surface area contributed by atoms with Crippen LogP contribution in [-0.2, 0) is 22.3 Å². The van der Waals surface area contributed by atoms with Crippen LogP contribution in [0.3, 0.4) is 0 Å². The van der Waals surface area contributed by atoms with Gasteiger partial charge in [-0.05, 0) is 19.8 Å². The minimum atomic E-state index is -0.979. The second-order valence-corrected chi connectivity index (χ2v) is 8.02. The van der Waals surface area contributed by atoms with Gasteiger partial charge in [-0.2, -0.15) is 0 Å². The first-order valence-corrected chi connectivity index (χ1v) is 9.79. The van der Waals surface area contributed by atoms with Crippen LogP contribution in [0.15, 0.2) is 16.0 Å². The fourth-order valence-electron chi connectivity index (χ4n) is 2.79. The Labute approximate surface area is 131 Å². The molecule has 1 unspecified atom stereocenters. The van der Waals surface area contributed by atoms with Crippen LogP contribution in [0.2, 0.25) is 0 Å². The topological polar surface area (TPSA) is 56.0 Å². The summed E-state index contributed by atoms with van der Waals surface area (Å²) in [5, 5.41) is 7.19. The Kier molecular flexibility index (Phi) is 4.85. The van der Waals surface area contributed by atoms with Gasteiger partial charge in [0.05, 0.1) is 27.9 Å². The predicted octanol–water partition coefficient (Wildman–Crippen LogP) is 3.94. The molecule has 1 atom stereocenters. The highest BCUT2D eigenvalue weighted by Crippen LogP contribution is 2.34. The first kappa shape index (κ1) is 14.9. The van der Waals surface area contributed by atoms with Crippen molar-refractivity contribution in [3.63, 3.8) is 0 Å². The molecule has 6 heteroatoms. The monoisotopic (exact) mass is 324 g/mol. The maximum Gasteiger partial charge on any atom is 0.133 e. The van der Waals surface area contributed by atoms with Crippen molar-refractivity contribution in [2.24, 2.45) is 0 Å². The minimum Gasteiger partial charge on any atom is -0.361 e. The molecular weight excluding hydrogens is 304 g/mol. The summed E-state index contributed by atoms with van der Waals surface area (Å²) in [7, 11) is -0.979. The standard InChI is InChI=1S/C15H20N2O2S2/c1-11-7-13(17-19-11)9-21(18)10-14-8-20-15(16-14)12-5-3-2-4-6-12/h7-8,12H,2-6,9-10H2,1H3. The van der Waals surface area contributed by atoms with E-state index < -0.39 is 10.8 Å². The fraction of sp³-hybridized carbons (Fsp3) is 0.600. The van der Waals surface area contributed by atoms with Gasteiger partial charge in [-0.25, -0.2) is 4.98 Å². The van der Waals surface area contributed by atoms with Crippen molar-refractivity contribution in [2.45, 2.75) is 56.5 Å². The van der Waals surface area contributed by atoms with Gasteiger partial charge in [-0.3, -0.25) is 4.21 Å². The summed E-state index contributed by atoms with van der Waals surface area (Å²) >= 11 is 1.73. The maximum absolute atomic E-state index is 12.2. The summed E-state index contributed by atoms with van der Waals surface area (Å²) in [5.74, 6) is 2.34. The molecule has 21 heavy (non-hydrogen) atoms. The molecule has 0 N–H and O–H groups in total. The number of aryl methyl sites for hydroxylation is 1. The van der Waals surface area contributed by atoms with Crippen LogP contribution in [0.5, 0.6) is 0 Å². The average molecular weight is 324 g/mol. The molecule has 0 spiro atoms. The first-order chi connectivity index (χ1) is 10.2. The van der Waals surface area contributed by atoms with Crippen molar-refractivity contribution in [3.8, 4) is 0 Å². The minimum absolute atomic E-state index is 0.438. The molecule has 0 saturated heterocycles. The molecule has 114 valence electrons. The zero-order valence-electron chi connectivity index (χ0n) is 12.2. The molecule has 1 fully saturated rings. The molecule has 3 rings (SSSR count). The van der Waals surface area contributed by atoms with Crippen LogP contribution < -0.4 is 0 Å². The molecule has 4 nitrogen and oxygen atoms in total. The molecule has 2 heterocycles. The quantitative estimate of drug-likeness (QED) is 0.836. The van der Waals surface area contributed by atoms with Crippen LogP contribution in [0, 0.1) is 6.92 Å². The van der Waals surface area contributed by atoms with E-state index in [1.54, 1.807) is 11.3 Å². The molecule has 0 radical (unpaired) electrons. The molecule has 0 bridgehead atoms. The normalized spacial score (nSPS) is 18.0. The Morgan fingerprint density at radius 3 is 2.76 bits per heavy atom. The second kappa shape index (κ2) is 6.83. The SMILES string of the molecule is Cc1cc(CS(=O)Cc2csc(C3CCCCC3)n2)no1. The number of rotatable bonds is 5. The highest BCUT2D eigenvalue weighted by Gasteiger charge is 2.19. The van der Waals surface area contributed by atoms with Crippen LogP contribution in [0.25, 0.3) is 0 Å². The fourth-order valence-corrected chi connectivity index (χ4v) is 4.94. The van der Waals surface area contributed by atoms with E-state index >= 15 is 0 Å². The summed E-state index contributed by atoms with van der Waals surface area (Å²) in [6.45, 7) is 1.84. The summed E-state index contributed by atoms with van der Waals surface area (Å²) in [6.07, 6.45) is 6.51. The third-order valence-corrected chi connectivity index (χ3v) is 6.11. The number of hydrogen-bond donors (Lipinski definition) is 0. The molecule has 2 aromatic heterocycles. The number of hydrogen-bond acceptors (Lipinski definition) is 5.